The number of halogens is 1. The summed E-state index contributed by atoms with van der Waals surface area (Å²) in [5.74, 6) is 1.95. The molecule has 6 nitrogen and oxygen atoms in total. The molecule has 0 amide bonds. The fourth-order valence-corrected chi connectivity index (χ4v) is 3.94. The number of nitrogens with zero attached hydrogens (tertiary/aromatic N) is 3. The van der Waals surface area contributed by atoms with Crippen LogP contribution in [0.2, 0.25) is 0 Å². The molecule has 28 heavy (non-hydrogen) atoms. The van der Waals surface area contributed by atoms with Gasteiger partial charge in [-0.05, 0) is 63.1 Å². The molecule has 0 bridgehead atoms. The first-order valence-electron chi connectivity index (χ1n) is 10.7. The second kappa shape index (κ2) is 12.5. The second-order valence-corrected chi connectivity index (χ2v) is 7.77. The van der Waals surface area contributed by atoms with Gasteiger partial charge >= 0.3 is 0 Å². The molecule has 1 saturated heterocycles. The lowest BCUT2D eigenvalue weighted by Gasteiger charge is -2.27. The van der Waals surface area contributed by atoms with Gasteiger partial charge in [-0.25, -0.2) is 9.98 Å². The zero-order valence-corrected chi connectivity index (χ0v) is 19.4. The molecule has 0 aromatic carbocycles. The maximum absolute atomic E-state index is 9.68. The summed E-state index contributed by atoms with van der Waals surface area (Å²) in [6.45, 7) is 5.80. The van der Waals surface area contributed by atoms with Crippen molar-refractivity contribution in [2.75, 3.05) is 24.5 Å². The van der Waals surface area contributed by atoms with Crippen molar-refractivity contribution < 1.29 is 5.11 Å². The highest BCUT2D eigenvalue weighted by atomic mass is 127. The minimum absolute atomic E-state index is 0. The Morgan fingerprint density at radius 2 is 1.89 bits per heavy atom. The van der Waals surface area contributed by atoms with Crippen LogP contribution in [-0.4, -0.2) is 47.8 Å². The normalized spacial score (nSPS) is 23.5. The van der Waals surface area contributed by atoms with Crippen LogP contribution in [0.15, 0.2) is 23.3 Å². The summed E-state index contributed by atoms with van der Waals surface area (Å²) >= 11 is 0. The van der Waals surface area contributed by atoms with Crippen LogP contribution in [0.5, 0.6) is 0 Å². The Balaban J connectivity index is 0.00000280. The average molecular weight is 501 g/mol. The SMILES string of the molecule is CCNC(=NCc1ccnc(N2CCCCCC2)c1)NC1CCC(O)CC1.I. The zero-order valence-electron chi connectivity index (χ0n) is 17.1. The van der Waals surface area contributed by atoms with Gasteiger partial charge in [0.15, 0.2) is 5.96 Å². The average Bonchev–Trinajstić information content (AvgIpc) is 2.98. The van der Waals surface area contributed by atoms with E-state index in [2.05, 4.69) is 39.6 Å². The van der Waals surface area contributed by atoms with Gasteiger partial charge in [0.05, 0.1) is 12.6 Å². The molecule has 0 radical (unpaired) electrons. The molecule has 2 heterocycles. The number of anilines is 1. The van der Waals surface area contributed by atoms with Crippen LogP contribution in [0.25, 0.3) is 0 Å². The lowest BCUT2D eigenvalue weighted by atomic mass is 9.93. The molecule has 1 saturated carbocycles. The van der Waals surface area contributed by atoms with Crippen LogP contribution in [-0.2, 0) is 6.54 Å². The van der Waals surface area contributed by atoms with Gasteiger partial charge in [0, 0.05) is 31.9 Å². The Morgan fingerprint density at radius 1 is 1.18 bits per heavy atom. The summed E-state index contributed by atoms with van der Waals surface area (Å²) in [7, 11) is 0. The number of pyridine rings is 1. The van der Waals surface area contributed by atoms with E-state index < -0.39 is 0 Å². The third-order valence-electron chi connectivity index (χ3n) is 5.54. The van der Waals surface area contributed by atoms with E-state index in [0.29, 0.717) is 12.6 Å². The number of aliphatic hydroxyl groups is 1. The minimum atomic E-state index is -0.128. The molecule has 1 aliphatic carbocycles. The molecule has 0 spiro atoms. The van der Waals surface area contributed by atoms with Crippen LogP contribution in [0.4, 0.5) is 5.82 Å². The number of hydrogen-bond acceptors (Lipinski definition) is 4. The van der Waals surface area contributed by atoms with E-state index in [-0.39, 0.29) is 30.1 Å². The van der Waals surface area contributed by atoms with Crippen molar-refractivity contribution >= 4 is 35.8 Å². The number of hydrogen-bond donors (Lipinski definition) is 3. The molecule has 2 aliphatic rings. The van der Waals surface area contributed by atoms with Gasteiger partial charge in [0.2, 0.25) is 0 Å². The molecule has 0 unspecified atom stereocenters. The van der Waals surface area contributed by atoms with Crippen molar-refractivity contribution in [3.63, 3.8) is 0 Å². The monoisotopic (exact) mass is 501 g/mol. The number of nitrogens with one attached hydrogen (secondary N) is 2. The van der Waals surface area contributed by atoms with E-state index in [1.54, 1.807) is 0 Å². The molecule has 1 aromatic rings. The highest BCUT2D eigenvalue weighted by Crippen LogP contribution is 2.19. The van der Waals surface area contributed by atoms with Crippen LogP contribution in [0, 0.1) is 0 Å². The van der Waals surface area contributed by atoms with Crippen molar-refractivity contribution in [3.8, 4) is 0 Å². The van der Waals surface area contributed by atoms with E-state index in [4.69, 9.17) is 4.99 Å². The summed E-state index contributed by atoms with van der Waals surface area (Å²) in [6, 6.07) is 4.65. The Kier molecular flexibility index (Phi) is 10.3. The highest BCUT2D eigenvalue weighted by molar-refractivity contribution is 14.0. The largest absolute Gasteiger partial charge is 0.393 e. The Bertz CT molecular complexity index is 596. The maximum atomic E-state index is 9.68. The molecular formula is C21H36IN5O. The number of aliphatic hydroxyl groups excluding tert-OH is 1. The van der Waals surface area contributed by atoms with Crippen molar-refractivity contribution in [3.05, 3.63) is 23.9 Å². The van der Waals surface area contributed by atoms with Gasteiger partial charge in [0.25, 0.3) is 0 Å². The van der Waals surface area contributed by atoms with Crippen molar-refractivity contribution in [1.29, 1.82) is 0 Å². The maximum Gasteiger partial charge on any atom is 0.191 e. The number of guanidine groups is 1. The molecule has 3 N–H and O–H groups in total. The predicted octanol–water partition coefficient (Wildman–Crippen LogP) is 3.44. The van der Waals surface area contributed by atoms with E-state index in [1.807, 2.05) is 6.20 Å². The topological polar surface area (TPSA) is 72.8 Å². The summed E-state index contributed by atoms with van der Waals surface area (Å²) in [6.07, 6.45) is 10.7. The first-order valence-corrected chi connectivity index (χ1v) is 10.7. The Hall–Kier alpha value is -1.09. The van der Waals surface area contributed by atoms with Crippen molar-refractivity contribution in [1.82, 2.24) is 15.6 Å². The van der Waals surface area contributed by atoms with Gasteiger partial charge in [-0.2, -0.15) is 0 Å². The fraction of sp³-hybridized carbons (Fsp3) is 0.714. The molecule has 158 valence electrons. The Morgan fingerprint density at radius 3 is 2.57 bits per heavy atom. The quantitative estimate of drug-likeness (QED) is 0.328. The predicted molar refractivity (Wildman–Crippen MR) is 127 cm³/mol. The van der Waals surface area contributed by atoms with Gasteiger partial charge < -0.3 is 20.6 Å². The van der Waals surface area contributed by atoms with Crippen LogP contribution < -0.4 is 15.5 Å². The van der Waals surface area contributed by atoms with E-state index in [0.717, 1.165) is 57.1 Å². The molecule has 2 fully saturated rings. The molecule has 7 heteroatoms. The molecule has 1 aliphatic heterocycles. The summed E-state index contributed by atoms with van der Waals surface area (Å²) < 4.78 is 0. The van der Waals surface area contributed by atoms with E-state index in [9.17, 15) is 5.11 Å². The number of rotatable bonds is 5. The molecular weight excluding hydrogens is 465 g/mol. The van der Waals surface area contributed by atoms with Crippen molar-refractivity contribution in [2.45, 2.75) is 77.0 Å². The summed E-state index contributed by atoms with van der Waals surface area (Å²) in [5, 5.41) is 16.6. The van der Waals surface area contributed by atoms with Gasteiger partial charge in [0.1, 0.15) is 5.82 Å². The fourth-order valence-electron chi connectivity index (χ4n) is 3.94. The van der Waals surface area contributed by atoms with Gasteiger partial charge in [-0.3, -0.25) is 0 Å². The van der Waals surface area contributed by atoms with Crippen LogP contribution in [0.1, 0.15) is 63.9 Å². The molecule has 0 atom stereocenters. The lowest BCUT2D eigenvalue weighted by molar-refractivity contribution is 0.120. The van der Waals surface area contributed by atoms with Crippen molar-refractivity contribution in [2.24, 2.45) is 4.99 Å². The van der Waals surface area contributed by atoms with Gasteiger partial charge in [-0.15, -0.1) is 24.0 Å². The number of aliphatic imine (C=N–C) groups is 1. The summed E-state index contributed by atoms with van der Waals surface area (Å²) in [4.78, 5) is 11.8. The lowest BCUT2D eigenvalue weighted by Crippen LogP contribution is -2.45. The zero-order chi connectivity index (χ0) is 18.9. The smallest absolute Gasteiger partial charge is 0.191 e. The minimum Gasteiger partial charge on any atom is -0.393 e. The van der Waals surface area contributed by atoms with E-state index >= 15 is 0 Å². The van der Waals surface area contributed by atoms with Crippen LogP contribution in [0.3, 0.4) is 0 Å². The first kappa shape index (κ1) is 23.2. The highest BCUT2D eigenvalue weighted by Gasteiger charge is 2.20. The standard InChI is InChI=1S/C21H35N5O.HI/c1-2-22-21(25-18-7-9-19(27)10-8-18)24-16-17-11-12-23-20(15-17)26-13-5-3-4-6-14-26;/h11-12,15,18-19,27H,2-10,13-14,16H2,1H3,(H2,22,24,25);1H. The molecule has 1 aromatic heterocycles. The second-order valence-electron chi connectivity index (χ2n) is 7.77. The third kappa shape index (κ3) is 7.39. The van der Waals surface area contributed by atoms with Crippen LogP contribution >= 0.6 is 24.0 Å². The number of aromatic nitrogens is 1. The Labute approximate surface area is 186 Å². The van der Waals surface area contributed by atoms with Gasteiger partial charge in [-0.1, -0.05) is 12.8 Å². The summed E-state index contributed by atoms with van der Waals surface area (Å²) in [5.41, 5.74) is 1.19. The van der Waals surface area contributed by atoms with E-state index in [1.165, 1.54) is 31.2 Å². The third-order valence-corrected chi connectivity index (χ3v) is 5.54. The molecule has 3 rings (SSSR count). The first-order chi connectivity index (χ1) is 13.2.